The van der Waals surface area contributed by atoms with Crippen molar-refractivity contribution >= 4 is 17.6 Å². The third-order valence-electron chi connectivity index (χ3n) is 1.77. The molecule has 1 rings (SSSR count). The number of carboxylic acid groups (broad SMARTS) is 1. The minimum absolute atomic E-state index is 0.0343. The van der Waals surface area contributed by atoms with Gasteiger partial charge >= 0.3 is 5.97 Å². The van der Waals surface area contributed by atoms with Crippen molar-refractivity contribution in [3.05, 3.63) is 17.2 Å². The SMILES string of the molecule is Nc1nc(N)c(C(F)F)cc1CC(=O)O. The summed E-state index contributed by atoms with van der Waals surface area (Å²) in [5.41, 5.74) is 10.1. The van der Waals surface area contributed by atoms with Gasteiger partial charge in [-0.15, -0.1) is 0 Å². The smallest absolute Gasteiger partial charge is 0.307 e. The summed E-state index contributed by atoms with van der Waals surface area (Å²) in [7, 11) is 0. The molecule has 5 nitrogen and oxygen atoms in total. The van der Waals surface area contributed by atoms with Crippen LogP contribution in [0.15, 0.2) is 6.07 Å². The van der Waals surface area contributed by atoms with E-state index in [1.54, 1.807) is 0 Å². The van der Waals surface area contributed by atoms with Gasteiger partial charge in [-0.3, -0.25) is 4.79 Å². The fraction of sp³-hybridized carbons (Fsp3) is 0.250. The van der Waals surface area contributed by atoms with Crippen LogP contribution in [0.3, 0.4) is 0 Å². The van der Waals surface area contributed by atoms with Crippen LogP contribution in [0.25, 0.3) is 0 Å². The van der Waals surface area contributed by atoms with Gasteiger partial charge in [-0.1, -0.05) is 0 Å². The van der Waals surface area contributed by atoms with Crippen molar-refractivity contribution < 1.29 is 18.7 Å². The second-order valence-electron chi connectivity index (χ2n) is 2.88. The zero-order valence-corrected chi connectivity index (χ0v) is 7.58. The van der Waals surface area contributed by atoms with Crippen molar-refractivity contribution in [2.24, 2.45) is 0 Å². The van der Waals surface area contributed by atoms with E-state index in [1.165, 1.54) is 0 Å². The molecule has 0 atom stereocenters. The van der Waals surface area contributed by atoms with Gasteiger partial charge in [0.1, 0.15) is 11.6 Å². The molecule has 1 heterocycles. The first-order valence-corrected chi connectivity index (χ1v) is 3.96. The molecule has 0 spiro atoms. The Bertz CT molecular complexity index is 396. The van der Waals surface area contributed by atoms with Gasteiger partial charge in [-0.2, -0.15) is 0 Å². The molecule has 7 heteroatoms. The molecule has 5 N–H and O–H groups in total. The Labute approximate surface area is 83.7 Å². The summed E-state index contributed by atoms with van der Waals surface area (Å²) in [5.74, 6) is -1.69. The number of hydrogen-bond donors (Lipinski definition) is 3. The molecule has 0 fully saturated rings. The van der Waals surface area contributed by atoms with E-state index in [9.17, 15) is 13.6 Å². The lowest BCUT2D eigenvalue weighted by atomic mass is 10.1. The lowest BCUT2D eigenvalue weighted by Gasteiger charge is -2.08. The number of rotatable bonds is 3. The highest BCUT2D eigenvalue weighted by molar-refractivity contribution is 5.72. The normalized spacial score (nSPS) is 10.6. The molecule has 0 amide bonds. The van der Waals surface area contributed by atoms with E-state index in [2.05, 4.69) is 4.98 Å². The summed E-state index contributed by atoms with van der Waals surface area (Å²) >= 11 is 0. The zero-order chi connectivity index (χ0) is 11.6. The van der Waals surface area contributed by atoms with Crippen LogP contribution in [-0.2, 0) is 11.2 Å². The zero-order valence-electron chi connectivity index (χ0n) is 7.58. The highest BCUT2D eigenvalue weighted by Crippen LogP contribution is 2.26. The van der Waals surface area contributed by atoms with E-state index in [-0.39, 0.29) is 17.2 Å². The maximum atomic E-state index is 12.4. The fourth-order valence-corrected chi connectivity index (χ4v) is 1.08. The molecule has 0 bridgehead atoms. The number of nitrogen functional groups attached to an aromatic ring is 2. The minimum atomic E-state index is -2.80. The van der Waals surface area contributed by atoms with Crippen molar-refractivity contribution in [1.82, 2.24) is 4.98 Å². The highest BCUT2D eigenvalue weighted by atomic mass is 19.3. The van der Waals surface area contributed by atoms with Gasteiger partial charge in [-0.05, 0) is 6.07 Å². The van der Waals surface area contributed by atoms with Crippen molar-refractivity contribution in [2.45, 2.75) is 12.8 Å². The van der Waals surface area contributed by atoms with Crippen LogP contribution >= 0.6 is 0 Å². The topological polar surface area (TPSA) is 102 Å². The Kier molecular flexibility index (Phi) is 3.03. The number of alkyl halides is 2. The molecular formula is C8H9F2N3O2. The van der Waals surface area contributed by atoms with E-state index < -0.39 is 24.4 Å². The summed E-state index contributed by atoms with van der Waals surface area (Å²) < 4.78 is 24.7. The summed E-state index contributed by atoms with van der Waals surface area (Å²) in [6, 6.07) is 0.969. The highest BCUT2D eigenvalue weighted by Gasteiger charge is 2.16. The van der Waals surface area contributed by atoms with E-state index in [0.29, 0.717) is 0 Å². The Morgan fingerprint density at radius 3 is 2.53 bits per heavy atom. The van der Waals surface area contributed by atoms with Crippen molar-refractivity contribution in [1.29, 1.82) is 0 Å². The molecule has 1 aromatic rings. The largest absolute Gasteiger partial charge is 0.481 e. The predicted octanol–water partition coefficient (Wildman–Crippen LogP) is 0.811. The monoisotopic (exact) mass is 217 g/mol. The van der Waals surface area contributed by atoms with Crippen molar-refractivity contribution in [3.8, 4) is 0 Å². The van der Waals surface area contributed by atoms with Crippen molar-refractivity contribution in [2.75, 3.05) is 11.5 Å². The summed E-state index contributed by atoms with van der Waals surface area (Å²) in [5, 5.41) is 8.49. The number of anilines is 2. The predicted molar refractivity (Wildman–Crippen MR) is 49.4 cm³/mol. The van der Waals surface area contributed by atoms with Gasteiger partial charge in [0.2, 0.25) is 0 Å². The number of hydrogen-bond acceptors (Lipinski definition) is 4. The van der Waals surface area contributed by atoms with Crippen LogP contribution in [0.5, 0.6) is 0 Å². The average Bonchev–Trinajstić information content (AvgIpc) is 2.08. The molecule has 0 saturated heterocycles. The molecule has 0 aromatic carbocycles. The van der Waals surface area contributed by atoms with Gasteiger partial charge in [0.25, 0.3) is 6.43 Å². The second kappa shape index (κ2) is 4.07. The fourth-order valence-electron chi connectivity index (χ4n) is 1.08. The van der Waals surface area contributed by atoms with Crippen LogP contribution < -0.4 is 11.5 Å². The molecule has 0 radical (unpaired) electrons. The maximum absolute atomic E-state index is 12.4. The Hall–Kier alpha value is -1.92. The Morgan fingerprint density at radius 1 is 1.47 bits per heavy atom. The Balaban J connectivity index is 3.17. The first-order chi connectivity index (χ1) is 6.91. The molecule has 0 aliphatic rings. The summed E-state index contributed by atoms with van der Waals surface area (Å²) in [4.78, 5) is 13.8. The minimum Gasteiger partial charge on any atom is -0.481 e. The van der Waals surface area contributed by atoms with E-state index >= 15 is 0 Å². The molecule has 0 aliphatic carbocycles. The first kappa shape index (κ1) is 11.2. The third-order valence-corrected chi connectivity index (χ3v) is 1.77. The van der Waals surface area contributed by atoms with Gasteiger partial charge in [0.05, 0.1) is 12.0 Å². The number of nitrogens with two attached hydrogens (primary N) is 2. The molecule has 82 valence electrons. The average molecular weight is 217 g/mol. The van der Waals surface area contributed by atoms with E-state index in [4.69, 9.17) is 16.6 Å². The number of halogens is 2. The molecule has 15 heavy (non-hydrogen) atoms. The van der Waals surface area contributed by atoms with Crippen LogP contribution in [0.1, 0.15) is 17.6 Å². The number of pyridine rings is 1. The van der Waals surface area contributed by atoms with Crippen LogP contribution in [-0.4, -0.2) is 16.1 Å². The van der Waals surface area contributed by atoms with Crippen LogP contribution in [0, 0.1) is 0 Å². The number of aromatic nitrogens is 1. The maximum Gasteiger partial charge on any atom is 0.307 e. The summed E-state index contributed by atoms with van der Waals surface area (Å²) in [6.45, 7) is 0. The molecule has 0 aliphatic heterocycles. The molecule has 1 aromatic heterocycles. The lowest BCUT2D eigenvalue weighted by molar-refractivity contribution is -0.136. The van der Waals surface area contributed by atoms with Crippen molar-refractivity contribution in [3.63, 3.8) is 0 Å². The van der Waals surface area contributed by atoms with E-state index in [1.807, 2.05) is 0 Å². The van der Waals surface area contributed by atoms with Gasteiger partial charge in [-0.25, -0.2) is 13.8 Å². The number of nitrogens with zero attached hydrogens (tertiary/aromatic N) is 1. The van der Waals surface area contributed by atoms with Gasteiger partial charge in [0.15, 0.2) is 0 Å². The number of carbonyl (C=O) groups is 1. The van der Waals surface area contributed by atoms with E-state index in [0.717, 1.165) is 6.07 Å². The Morgan fingerprint density at radius 2 is 2.07 bits per heavy atom. The number of aliphatic carboxylic acids is 1. The number of carboxylic acids is 1. The third kappa shape index (κ3) is 2.52. The quantitative estimate of drug-likeness (QED) is 0.695. The van der Waals surface area contributed by atoms with Crippen LogP contribution in [0.2, 0.25) is 0 Å². The molecular weight excluding hydrogens is 208 g/mol. The second-order valence-corrected chi connectivity index (χ2v) is 2.88. The molecule has 0 saturated carbocycles. The summed E-state index contributed by atoms with van der Waals surface area (Å²) in [6.07, 6.45) is -3.26. The van der Waals surface area contributed by atoms with Crippen LogP contribution in [0.4, 0.5) is 20.4 Å². The first-order valence-electron chi connectivity index (χ1n) is 3.96. The molecule has 0 unspecified atom stereocenters. The standard InChI is InChI=1S/C8H9F2N3O2/c9-6(10)4-1-3(2-5(14)15)7(11)13-8(4)12/h1,6H,2H2,(H,14,15)(H4,11,12,13). The van der Waals surface area contributed by atoms with Gasteiger partial charge in [0, 0.05) is 5.56 Å². The lowest BCUT2D eigenvalue weighted by Crippen LogP contribution is -2.09. The van der Waals surface area contributed by atoms with Gasteiger partial charge < -0.3 is 16.6 Å².